The van der Waals surface area contributed by atoms with Crippen LogP contribution in [0.5, 0.6) is 0 Å². The maximum absolute atomic E-state index is 12.2. The second-order valence-corrected chi connectivity index (χ2v) is 7.80. The Balaban J connectivity index is 1.44. The van der Waals surface area contributed by atoms with Crippen LogP contribution in [0.2, 0.25) is 0 Å². The number of carbonyl (C=O) groups excluding carboxylic acids is 1. The molecule has 1 aromatic carbocycles. The molecule has 1 unspecified atom stereocenters. The number of H-pyrrole nitrogens is 1. The second-order valence-electron chi connectivity index (χ2n) is 7.80. The summed E-state index contributed by atoms with van der Waals surface area (Å²) in [5.41, 5.74) is 2.57. The molecule has 0 radical (unpaired) electrons. The molecule has 1 fully saturated rings. The number of aromatic amines is 1. The SMILES string of the molecule is Cc1ccc2[nH]c(=O)c(CCC(=O)NCCCN3CCCCC3C)cc2c1. The van der Waals surface area contributed by atoms with Gasteiger partial charge in [-0.25, -0.2) is 0 Å². The van der Waals surface area contributed by atoms with Crippen molar-refractivity contribution in [1.29, 1.82) is 0 Å². The molecule has 27 heavy (non-hydrogen) atoms. The van der Waals surface area contributed by atoms with E-state index >= 15 is 0 Å². The molecular formula is C22H31N3O2. The van der Waals surface area contributed by atoms with Crippen molar-refractivity contribution in [1.82, 2.24) is 15.2 Å². The molecule has 0 bridgehead atoms. The second kappa shape index (κ2) is 9.18. The van der Waals surface area contributed by atoms with E-state index in [1.54, 1.807) is 0 Å². The summed E-state index contributed by atoms with van der Waals surface area (Å²) < 4.78 is 0. The van der Waals surface area contributed by atoms with Crippen LogP contribution in [0.4, 0.5) is 0 Å². The first-order valence-electron chi connectivity index (χ1n) is 10.2. The molecule has 3 rings (SSSR count). The van der Waals surface area contributed by atoms with Crippen molar-refractivity contribution in [2.24, 2.45) is 0 Å². The quantitative estimate of drug-likeness (QED) is 0.737. The van der Waals surface area contributed by atoms with E-state index in [0.717, 1.165) is 29.4 Å². The first kappa shape index (κ1) is 19.6. The van der Waals surface area contributed by atoms with Gasteiger partial charge < -0.3 is 15.2 Å². The molecule has 0 spiro atoms. The monoisotopic (exact) mass is 369 g/mol. The highest BCUT2D eigenvalue weighted by atomic mass is 16.1. The van der Waals surface area contributed by atoms with Gasteiger partial charge >= 0.3 is 0 Å². The Morgan fingerprint density at radius 3 is 2.96 bits per heavy atom. The maximum atomic E-state index is 12.2. The van der Waals surface area contributed by atoms with Crippen LogP contribution in [-0.4, -0.2) is 41.5 Å². The molecule has 1 amide bonds. The highest BCUT2D eigenvalue weighted by molar-refractivity contribution is 5.80. The number of aromatic nitrogens is 1. The van der Waals surface area contributed by atoms with Crippen LogP contribution in [0.15, 0.2) is 29.1 Å². The number of hydrogen-bond acceptors (Lipinski definition) is 3. The zero-order valence-corrected chi connectivity index (χ0v) is 16.5. The molecule has 5 nitrogen and oxygen atoms in total. The summed E-state index contributed by atoms with van der Waals surface area (Å²) in [6.45, 7) is 7.25. The van der Waals surface area contributed by atoms with Crippen molar-refractivity contribution in [3.63, 3.8) is 0 Å². The van der Waals surface area contributed by atoms with Gasteiger partial charge in [-0.1, -0.05) is 18.1 Å². The summed E-state index contributed by atoms with van der Waals surface area (Å²) in [5.74, 6) is 0.0189. The Labute approximate surface area is 161 Å². The van der Waals surface area contributed by atoms with E-state index < -0.39 is 0 Å². The van der Waals surface area contributed by atoms with Crippen molar-refractivity contribution >= 4 is 16.8 Å². The number of rotatable bonds is 7. The van der Waals surface area contributed by atoms with E-state index in [0.29, 0.717) is 31.0 Å². The molecule has 1 aromatic heterocycles. The normalized spacial score (nSPS) is 17.9. The van der Waals surface area contributed by atoms with Gasteiger partial charge in [0.1, 0.15) is 0 Å². The summed E-state index contributed by atoms with van der Waals surface area (Å²) in [4.78, 5) is 29.8. The van der Waals surface area contributed by atoms with Gasteiger partial charge in [0.15, 0.2) is 0 Å². The fraction of sp³-hybridized carbons (Fsp3) is 0.545. The summed E-state index contributed by atoms with van der Waals surface area (Å²) in [7, 11) is 0. The van der Waals surface area contributed by atoms with Crippen molar-refractivity contribution < 1.29 is 4.79 Å². The highest BCUT2D eigenvalue weighted by Gasteiger charge is 2.17. The Morgan fingerprint density at radius 2 is 2.15 bits per heavy atom. The van der Waals surface area contributed by atoms with Gasteiger partial charge in [0.05, 0.1) is 0 Å². The van der Waals surface area contributed by atoms with Gasteiger partial charge in [0.25, 0.3) is 5.56 Å². The van der Waals surface area contributed by atoms with Crippen molar-refractivity contribution in [2.45, 2.75) is 58.4 Å². The standard InChI is InChI=1S/C22H31N3O2/c1-16-7-9-20-19(14-16)15-18(22(27)24-20)8-10-21(26)23-11-5-13-25-12-4-3-6-17(25)2/h7,9,14-15,17H,3-6,8,10-13H2,1-2H3,(H,23,26)(H,24,27). The first-order chi connectivity index (χ1) is 13.0. The van der Waals surface area contributed by atoms with E-state index in [-0.39, 0.29) is 11.5 Å². The van der Waals surface area contributed by atoms with Crippen LogP contribution in [-0.2, 0) is 11.2 Å². The minimum atomic E-state index is -0.0989. The fourth-order valence-electron chi connectivity index (χ4n) is 3.89. The fourth-order valence-corrected chi connectivity index (χ4v) is 3.89. The third-order valence-corrected chi connectivity index (χ3v) is 5.58. The third kappa shape index (κ3) is 5.42. The van der Waals surface area contributed by atoms with Gasteiger partial charge in [-0.2, -0.15) is 0 Å². The van der Waals surface area contributed by atoms with E-state index in [9.17, 15) is 9.59 Å². The predicted molar refractivity (Wildman–Crippen MR) is 110 cm³/mol. The minimum Gasteiger partial charge on any atom is -0.356 e. The Hall–Kier alpha value is -2.14. The summed E-state index contributed by atoms with van der Waals surface area (Å²) >= 11 is 0. The number of amides is 1. The number of pyridine rings is 1. The van der Waals surface area contributed by atoms with Crippen LogP contribution in [0.1, 0.15) is 50.2 Å². The average Bonchev–Trinajstić information content (AvgIpc) is 2.65. The number of hydrogen-bond donors (Lipinski definition) is 2. The number of likely N-dealkylation sites (tertiary alicyclic amines) is 1. The van der Waals surface area contributed by atoms with Crippen LogP contribution >= 0.6 is 0 Å². The van der Waals surface area contributed by atoms with E-state index in [1.165, 1.54) is 25.8 Å². The molecule has 2 heterocycles. The lowest BCUT2D eigenvalue weighted by Crippen LogP contribution is -2.39. The summed E-state index contributed by atoms with van der Waals surface area (Å²) in [6.07, 6.45) is 5.70. The Morgan fingerprint density at radius 1 is 1.30 bits per heavy atom. The first-order valence-corrected chi connectivity index (χ1v) is 10.2. The Kier molecular flexibility index (Phi) is 6.67. The van der Waals surface area contributed by atoms with E-state index in [4.69, 9.17) is 0 Å². The van der Waals surface area contributed by atoms with Crippen molar-refractivity contribution in [2.75, 3.05) is 19.6 Å². The molecule has 0 saturated carbocycles. The lowest BCUT2D eigenvalue weighted by molar-refractivity contribution is -0.121. The molecule has 0 aliphatic carbocycles. The minimum absolute atomic E-state index is 0.0189. The van der Waals surface area contributed by atoms with Gasteiger partial charge in [-0.15, -0.1) is 0 Å². The van der Waals surface area contributed by atoms with Gasteiger partial charge in [-0.05, 0) is 69.7 Å². The van der Waals surface area contributed by atoms with Crippen molar-refractivity contribution in [3.05, 3.63) is 45.7 Å². The van der Waals surface area contributed by atoms with Crippen LogP contribution in [0, 0.1) is 6.92 Å². The zero-order valence-electron chi connectivity index (χ0n) is 16.5. The maximum Gasteiger partial charge on any atom is 0.251 e. The Bertz CT molecular complexity index is 843. The molecule has 1 atom stereocenters. The van der Waals surface area contributed by atoms with Crippen LogP contribution in [0.25, 0.3) is 10.9 Å². The molecule has 2 N–H and O–H groups in total. The van der Waals surface area contributed by atoms with Gasteiger partial charge in [0.2, 0.25) is 5.91 Å². The molecule has 1 aliphatic rings. The van der Waals surface area contributed by atoms with Gasteiger partial charge in [-0.3, -0.25) is 9.59 Å². The predicted octanol–water partition coefficient (Wildman–Crippen LogP) is 3.15. The molecular weight excluding hydrogens is 338 g/mol. The van der Waals surface area contributed by atoms with Crippen LogP contribution in [0.3, 0.4) is 0 Å². The molecule has 5 heteroatoms. The number of aryl methyl sites for hydroxylation is 2. The van der Waals surface area contributed by atoms with E-state index in [1.807, 2.05) is 25.1 Å². The number of fused-ring (bicyclic) bond motifs is 1. The highest BCUT2D eigenvalue weighted by Crippen LogP contribution is 2.16. The lowest BCUT2D eigenvalue weighted by atomic mass is 10.0. The number of carbonyl (C=O) groups is 1. The van der Waals surface area contributed by atoms with Gasteiger partial charge in [0, 0.05) is 36.6 Å². The number of benzene rings is 1. The van der Waals surface area contributed by atoms with Crippen molar-refractivity contribution in [3.8, 4) is 0 Å². The summed E-state index contributed by atoms with van der Waals surface area (Å²) in [5, 5.41) is 4.01. The zero-order chi connectivity index (χ0) is 19.2. The third-order valence-electron chi connectivity index (χ3n) is 5.58. The largest absolute Gasteiger partial charge is 0.356 e. The number of piperidine rings is 1. The van der Waals surface area contributed by atoms with Crippen LogP contribution < -0.4 is 10.9 Å². The summed E-state index contributed by atoms with van der Waals surface area (Å²) in [6, 6.07) is 8.53. The number of nitrogens with zero attached hydrogens (tertiary/aromatic N) is 1. The molecule has 1 aliphatic heterocycles. The average molecular weight is 370 g/mol. The topological polar surface area (TPSA) is 65.2 Å². The molecule has 146 valence electrons. The smallest absolute Gasteiger partial charge is 0.251 e. The number of nitrogens with one attached hydrogen (secondary N) is 2. The molecule has 1 saturated heterocycles. The van der Waals surface area contributed by atoms with E-state index in [2.05, 4.69) is 28.2 Å². The lowest BCUT2D eigenvalue weighted by Gasteiger charge is -2.33. The molecule has 2 aromatic rings.